The largest absolute Gasteiger partial charge is 0.310 e. The Hall–Kier alpha value is -3.19. The van der Waals surface area contributed by atoms with Crippen molar-refractivity contribution in [2.45, 2.75) is 30.1 Å². The molecule has 146 valence electrons. The number of nitrogens with one attached hydrogen (secondary N) is 2. The minimum absolute atomic E-state index is 0.0517. The average Bonchev–Trinajstić information content (AvgIpc) is 3.20. The number of sulfonamides is 1. The second kappa shape index (κ2) is 6.15. The predicted octanol–water partition coefficient (Wildman–Crippen LogP) is 3.18. The Kier molecular flexibility index (Phi) is 3.79. The number of hydrogen-bond acceptors (Lipinski definition) is 4. The lowest BCUT2D eigenvalue weighted by Gasteiger charge is -2.20. The van der Waals surface area contributed by atoms with Crippen LogP contribution in [0, 0.1) is 6.92 Å². The molecule has 0 saturated carbocycles. The van der Waals surface area contributed by atoms with Gasteiger partial charge in [-0.1, -0.05) is 29.8 Å². The standard InChI is InChI=1S/C22H19N3O3S/c1-14-4-8-18(9-5-14)29(27,28)25-17-7-6-15-12-22(13-16(15)11-17)19-3-2-10-23-20(19)24-21(22)26/h2-11,25H,12-13H2,1H3,(H,23,24,26). The van der Waals surface area contributed by atoms with E-state index in [0.29, 0.717) is 24.3 Å². The van der Waals surface area contributed by atoms with Gasteiger partial charge in [0, 0.05) is 17.4 Å². The van der Waals surface area contributed by atoms with Gasteiger partial charge in [-0.3, -0.25) is 9.52 Å². The molecule has 2 N–H and O–H groups in total. The topological polar surface area (TPSA) is 88.2 Å². The molecule has 0 fully saturated rings. The van der Waals surface area contributed by atoms with Crippen LogP contribution in [0.2, 0.25) is 0 Å². The minimum Gasteiger partial charge on any atom is -0.310 e. The number of aryl methyl sites for hydroxylation is 1. The van der Waals surface area contributed by atoms with Gasteiger partial charge in [0.15, 0.2) is 0 Å². The van der Waals surface area contributed by atoms with Crippen LogP contribution >= 0.6 is 0 Å². The molecule has 0 radical (unpaired) electrons. The van der Waals surface area contributed by atoms with Gasteiger partial charge in [-0.05, 0) is 61.2 Å². The first-order valence-electron chi connectivity index (χ1n) is 9.36. The molecule has 0 saturated heterocycles. The molecule has 0 bridgehead atoms. The summed E-state index contributed by atoms with van der Waals surface area (Å²) in [4.78, 5) is 17.3. The van der Waals surface area contributed by atoms with Crippen molar-refractivity contribution in [3.8, 4) is 0 Å². The van der Waals surface area contributed by atoms with E-state index in [2.05, 4.69) is 15.0 Å². The van der Waals surface area contributed by atoms with E-state index < -0.39 is 15.4 Å². The van der Waals surface area contributed by atoms with Gasteiger partial charge in [-0.2, -0.15) is 0 Å². The molecule has 29 heavy (non-hydrogen) atoms. The van der Waals surface area contributed by atoms with E-state index in [1.165, 1.54) is 0 Å². The summed E-state index contributed by atoms with van der Waals surface area (Å²) in [5.74, 6) is 0.565. The summed E-state index contributed by atoms with van der Waals surface area (Å²) in [7, 11) is -3.67. The van der Waals surface area contributed by atoms with Crippen LogP contribution in [-0.2, 0) is 33.1 Å². The van der Waals surface area contributed by atoms with Gasteiger partial charge in [0.25, 0.3) is 10.0 Å². The fraction of sp³-hybridized carbons (Fsp3) is 0.182. The van der Waals surface area contributed by atoms with Crippen molar-refractivity contribution in [3.63, 3.8) is 0 Å². The molecule has 1 amide bonds. The zero-order valence-corrected chi connectivity index (χ0v) is 16.6. The second-order valence-corrected chi connectivity index (χ2v) is 9.37. The van der Waals surface area contributed by atoms with Crippen LogP contribution < -0.4 is 10.0 Å². The summed E-state index contributed by atoms with van der Waals surface area (Å²) in [6, 6.07) is 16.0. The Morgan fingerprint density at radius 1 is 1.03 bits per heavy atom. The molecule has 1 atom stereocenters. The molecule has 3 aromatic rings. The maximum Gasteiger partial charge on any atom is 0.261 e. The first kappa shape index (κ1) is 17.9. The number of rotatable bonds is 3. The molecule has 1 unspecified atom stereocenters. The van der Waals surface area contributed by atoms with Crippen molar-refractivity contribution in [1.29, 1.82) is 0 Å². The van der Waals surface area contributed by atoms with Crippen molar-refractivity contribution >= 4 is 27.4 Å². The lowest BCUT2D eigenvalue weighted by Crippen LogP contribution is -2.35. The lowest BCUT2D eigenvalue weighted by atomic mass is 9.79. The highest BCUT2D eigenvalue weighted by molar-refractivity contribution is 7.92. The zero-order chi connectivity index (χ0) is 20.2. The number of benzene rings is 2. The van der Waals surface area contributed by atoms with Crippen molar-refractivity contribution in [2.75, 3.05) is 10.0 Å². The van der Waals surface area contributed by atoms with Crippen molar-refractivity contribution in [3.05, 3.63) is 83.0 Å². The van der Waals surface area contributed by atoms with Gasteiger partial charge in [-0.15, -0.1) is 0 Å². The molecule has 2 heterocycles. The second-order valence-electron chi connectivity index (χ2n) is 7.69. The number of aromatic nitrogens is 1. The summed E-state index contributed by atoms with van der Waals surface area (Å²) >= 11 is 0. The number of carbonyl (C=O) groups excluding carboxylic acids is 1. The Morgan fingerprint density at radius 2 is 1.79 bits per heavy atom. The highest BCUT2D eigenvalue weighted by Gasteiger charge is 2.51. The fourth-order valence-corrected chi connectivity index (χ4v) is 5.31. The molecular weight excluding hydrogens is 386 g/mol. The highest BCUT2D eigenvalue weighted by atomic mass is 32.2. The van der Waals surface area contributed by atoms with Crippen molar-refractivity contribution < 1.29 is 13.2 Å². The lowest BCUT2D eigenvalue weighted by molar-refractivity contribution is -0.120. The van der Waals surface area contributed by atoms with Crippen LogP contribution in [0.5, 0.6) is 0 Å². The van der Waals surface area contributed by atoms with E-state index >= 15 is 0 Å². The quantitative estimate of drug-likeness (QED) is 0.701. The van der Waals surface area contributed by atoms with E-state index in [0.717, 1.165) is 22.3 Å². The highest BCUT2D eigenvalue weighted by Crippen LogP contribution is 2.47. The van der Waals surface area contributed by atoms with Gasteiger partial charge in [-0.25, -0.2) is 13.4 Å². The molecule has 1 aliphatic heterocycles. The van der Waals surface area contributed by atoms with Crippen LogP contribution in [0.1, 0.15) is 22.3 Å². The molecule has 1 spiro atoms. The Labute approximate surface area is 169 Å². The van der Waals surface area contributed by atoms with Crippen LogP contribution in [0.3, 0.4) is 0 Å². The number of pyridine rings is 1. The third-order valence-electron chi connectivity index (χ3n) is 5.76. The molecule has 1 aliphatic carbocycles. The van der Waals surface area contributed by atoms with Crippen LogP contribution in [0.4, 0.5) is 11.5 Å². The summed E-state index contributed by atoms with van der Waals surface area (Å²) in [6.45, 7) is 1.91. The number of nitrogens with zero attached hydrogens (tertiary/aromatic N) is 1. The van der Waals surface area contributed by atoms with Crippen molar-refractivity contribution in [2.24, 2.45) is 0 Å². The Bertz CT molecular complexity index is 1250. The predicted molar refractivity (Wildman–Crippen MR) is 110 cm³/mol. The molecule has 7 heteroatoms. The molecule has 1 aromatic heterocycles. The fourth-order valence-electron chi connectivity index (χ4n) is 4.26. The van der Waals surface area contributed by atoms with Crippen LogP contribution in [-0.4, -0.2) is 19.3 Å². The maximum absolute atomic E-state index is 12.8. The van der Waals surface area contributed by atoms with E-state index in [1.54, 1.807) is 36.5 Å². The smallest absolute Gasteiger partial charge is 0.261 e. The van der Waals surface area contributed by atoms with Gasteiger partial charge in [0.1, 0.15) is 5.82 Å². The van der Waals surface area contributed by atoms with Crippen molar-refractivity contribution in [1.82, 2.24) is 4.98 Å². The van der Waals surface area contributed by atoms with E-state index in [1.807, 2.05) is 31.2 Å². The van der Waals surface area contributed by atoms with Crippen LogP contribution in [0.15, 0.2) is 65.7 Å². The van der Waals surface area contributed by atoms with E-state index in [4.69, 9.17) is 0 Å². The number of hydrogen-bond donors (Lipinski definition) is 2. The number of carbonyl (C=O) groups is 1. The normalized spacial score (nSPS) is 19.7. The molecule has 2 aromatic carbocycles. The van der Waals surface area contributed by atoms with Gasteiger partial charge in [0.2, 0.25) is 5.91 Å². The molecule has 6 nitrogen and oxygen atoms in total. The maximum atomic E-state index is 12.8. The third kappa shape index (κ3) is 2.81. The Balaban J connectivity index is 1.46. The minimum atomic E-state index is -3.67. The summed E-state index contributed by atoms with van der Waals surface area (Å²) in [6.07, 6.45) is 2.77. The third-order valence-corrected chi connectivity index (χ3v) is 7.16. The van der Waals surface area contributed by atoms with Crippen LogP contribution in [0.25, 0.3) is 0 Å². The Morgan fingerprint density at radius 3 is 2.59 bits per heavy atom. The SMILES string of the molecule is Cc1ccc(S(=O)(=O)Nc2ccc3c(c2)CC2(C3)C(=O)Nc3ncccc32)cc1. The first-order valence-corrected chi connectivity index (χ1v) is 10.8. The molecule has 2 aliphatic rings. The van der Waals surface area contributed by atoms with Gasteiger partial charge >= 0.3 is 0 Å². The number of fused-ring (bicyclic) bond motifs is 3. The molecular formula is C22H19N3O3S. The monoisotopic (exact) mass is 405 g/mol. The number of amides is 1. The van der Waals surface area contributed by atoms with E-state index in [-0.39, 0.29) is 10.8 Å². The summed E-state index contributed by atoms with van der Waals surface area (Å²) < 4.78 is 28.0. The van der Waals surface area contributed by atoms with E-state index in [9.17, 15) is 13.2 Å². The number of anilines is 2. The molecule has 5 rings (SSSR count). The van der Waals surface area contributed by atoms with Gasteiger partial charge < -0.3 is 5.32 Å². The summed E-state index contributed by atoms with van der Waals surface area (Å²) in [5, 5.41) is 2.88. The summed E-state index contributed by atoms with van der Waals surface area (Å²) in [5.41, 5.74) is 3.75. The first-order chi connectivity index (χ1) is 13.9. The van der Waals surface area contributed by atoms with Gasteiger partial charge in [0.05, 0.1) is 10.3 Å². The average molecular weight is 405 g/mol. The zero-order valence-electron chi connectivity index (χ0n) is 15.8.